The van der Waals surface area contributed by atoms with Gasteiger partial charge in [0, 0.05) is 17.3 Å². The number of alkyl halides is 2. The highest BCUT2D eigenvalue weighted by Gasteiger charge is 2.21. The summed E-state index contributed by atoms with van der Waals surface area (Å²) in [5.74, 6) is -3.51. The van der Waals surface area contributed by atoms with Crippen LogP contribution in [-0.2, 0) is 6.42 Å². The number of aromatic carboxylic acids is 2. The number of carboxylic acids is 2. The molecule has 0 N–H and O–H groups in total. The summed E-state index contributed by atoms with van der Waals surface area (Å²) in [4.78, 5) is 25.1. The fourth-order valence-corrected chi connectivity index (χ4v) is 1.75. The predicted octanol–water partition coefficient (Wildman–Crippen LogP) is 0.0888. The number of hydrogen-bond acceptors (Lipinski definition) is 5. The van der Waals surface area contributed by atoms with Crippen LogP contribution in [0.1, 0.15) is 58.2 Å². The minimum Gasteiger partial charge on any atom is -0.545 e. The normalized spacial score (nSPS) is 10.7. The largest absolute Gasteiger partial charge is 0.545 e. The molecule has 0 aromatic carbocycles. The van der Waals surface area contributed by atoms with Crippen LogP contribution in [0.5, 0.6) is 0 Å². The van der Waals surface area contributed by atoms with Crippen molar-refractivity contribution < 1.29 is 28.6 Å². The van der Waals surface area contributed by atoms with Crippen molar-refractivity contribution in [1.29, 1.82) is 0 Å². The Hall–Kier alpha value is -2.05. The van der Waals surface area contributed by atoms with Gasteiger partial charge in [-0.05, 0) is 18.4 Å². The monoisotopic (exact) mass is 271 g/mol. The molecule has 0 saturated heterocycles. The summed E-state index contributed by atoms with van der Waals surface area (Å²) in [7, 11) is 0. The second-order valence-electron chi connectivity index (χ2n) is 3.89. The summed E-state index contributed by atoms with van der Waals surface area (Å²) < 4.78 is 25.4. The Morgan fingerprint density at radius 1 is 1.32 bits per heavy atom. The molecule has 0 aliphatic rings. The Bertz CT molecular complexity index is 503. The summed E-state index contributed by atoms with van der Waals surface area (Å²) in [6.07, 6.45) is -1.29. The van der Waals surface area contributed by atoms with E-state index in [9.17, 15) is 28.6 Å². The van der Waals surface area contributed by atoms with Gasteiger partial charge >= 0.3 is 0 Å². The standard InChI is InChI=1S/C12H13F2NO4/c1-2-3-4-6-7(11(16)17)5-15-9(10(13)14)8(6)12(18)19/h5,10H,2-4H2,1H3,(H,16,17)(H,18,19)/p-2. The molecular weight excluding hydrogens is 260 g/mol. The van der Waals surface area contributed by atoms with Crippen molar-refractivity contribution in [3.05, 3.63) is 28.6 Å². The van der Waals surface area contributed by atoms with Gasteiger partial charge in [0.1, 0.15) is 5.69 Å². The topological polar surface area (TPSA) is 93.2 Å². The van der Waals surface area contributed by atoms with Crippen LogP contribution >= 0.6 is 0 Å². The highest BCUT2D eigenvalue weighted by molar-refractivity contribution is 5.95. The molecule has 7 heteroatoms. The van der Waals surface area contributed by atoms with Gasteiger partial charge < -0.3 is 19.8 Å². The maximum atomic E-state index is 12.7. The maximum Gasteiger partial charge on any atom is 0.281 e. The lowest BCUT2D eigenvalue weighted by Gasteiger charge is -2.18. The SMILES string of the molecule is CCCCc1c(C(=O)[O-])cnc(C(F)F)c1C(=O)[O-]. The number of unbranched alkanes of at least 4 members (excludes halogenated alkanes) is 1. The zero-order valence-electron chi connectivity index (χ0n) is 10.1. The van der Waals surface area contributed by atoms with Gasteiger partial charge in [0.05, 0.1) is 11.9 Å². The lowest BCUT2D eigenvalue weighted by molar-refractivity contribution is -0.255. The molecule has 0 atom stereocenters. The molecule has 0 fully saturated rings. The van der Waals surface area contributed by atoms with Gasteiger partial charge in [-0.3, -0.25) is 4.98 Å². The molecule has 1 rings (SSSR count). The molecule has 0 bridgehead atoms. The van der Waals surface area contributed by atoms with Crippen molar-refractivity contribution in [2.45, 2.75) is 32.6 Å². The molecule has 0 aliphatic carbocycles. The molecule has 0 amide bonds. The Labute approximate surface area is 107 Å². The third-order valence-corrected chi connectivity index (χ3v) is 2.63. The molecule has 0 aliphatic heterocycles. The van der Waals surface area contributed by atoms with Crippen molar-refractivity contribution in [1.82, 2.24) is 4.98 Å². The summed E-state index contributed by atoms with van der Waals surface area (Å²) >= 11 is 0. The summed E-state index contributed by atoms with van der Waals surface area (Å²) in [6, 6.07) is 0. The number of carbonyl (C=O) groups is 2. The summed E-state index contributed by atoms with van der Waals surface area (Å²) in [5.41, 5.74) is -2.52. The van der Waals surface area contributed by atoms with Crippen LogP contribution in [0.3, 0.4) is 0 Å². The highest BCUT2D eigenvalue weighted by Crippen LogP contribution is 2.26. The number of hydrogen-bond donors (Lipinski definition) is 0. The Kier molecular flexibility index (Phi) is 4.91. The zero-order valence-corrected chi connectivity index (χ0v) is 10.1. The minimum absolute atomic E-state index is 0.0331. The lowest BCUT2D eigenvalue weighted by Crippen LogP contribution is -2.30. The van der Waals surface area contributed by atoms with E-state index in [0.717, 1.165) is 0 Å². The average molecular weight is 271 g/mol. The minimum atomic E-state index is -3.12. The van der Waals surface area contributed by atoms with Crippen molar-refractivity contribution in [2.24, 2.45) is 0 Å². The van der Waals surface area contributed by atoms with Gasteiger partial charge in [0.2, 0.25) is 0 Å². The van der Waals surface area contributed by atoms with Crippen LogP contribution in [0, 0.1) is 0 Å². The maximum absolute atomic E-state index is 12.7. The van der Waals surface area contributed by atoms with E-state index in [2.05, 4.69) is 4.98 Å². The van der Waals surface area contributed by atoms with Crippen molar-refractivity contribution >= 4 is 11.9 Å². The molecule has 1 aromatic heterocycles. The molecule has 0 saturated carbocycles. The fraction of sp³-hybridized carbons (Fsp3) is 0.417. The van der Waals surface area contributed by atoms with Crippen LogP contribution in [0.15, 0.2) is 6.20 Å². The van der Waals surface area contributed by atoms with Crippen molar-refractivity contribution in [3.8, 4) is 0 Å². The molecule has 1 aromatic rings. The first-order chi connectivity index (χ1) is 8.90. The van der Waals surface area contributed by atoms with Gasteiger partial charge in [0.15, 0.2) is 0 Å². The van der Waals surface area contributed by atoms with E-state index < -0.39 is 35.2 Å². The van der Waals surface area contributed by atoms with E-state index >= 15 is 0 Å². The molecule has 0 unspecified atom stereocenters. The summed E-state index contributed by atoms with van der Waals surface area (Å²) in [6.45, 7) is 1.80. The van der Waals surface area contributed by atoms with Crippen LogP contribution in [-0.4, -0.2) is 16.9 Å². The van der Waals surface area contributed by atoms with Crippen LogP contribution in [0.4, 0.5) is 8.78 Å². The smallest absolute Gasteiger partial charge is 0.281 e. The third-order valence-electron chi connectivity index (χ3n) is 2.63. The number of aromatic nitrogens is 1. The van der Waals surface area contributed by atoms with Gasteiger partial charge in [-0.2, -0.15) is 0 Å². The average Bonchev–Trinajstić information content (AvgIpc) is 2.34. The fourth-order valence-electron chi connectivity index (χ4n) is 1.75. The van der Waals surface area contributed by atoms with E-state index in [1.54, 1.807) is 6.92 Å². The predicted molar refractivity (Wildman–Crippen MR) is 56.5 cm³/mol. The van der Waals surface area contributed by atoms with Gasteiger partial charge in [-0.1, -0.05) is 13.3 Å². The number of carboxylic acid groups (broad SMARTS) is 2. The Morgan fingerprint density at radius 3 is 2.37 bits per heavy atom. The second-order valence-corrected chi connectivity index (χ2v) is 3.89. The first-order valence-electron chi connectivity index (χ1n) is 5.62. The number of carbonyl (C=O) groups excluding carboxylic acids is 2. The molecular formula is C12H11F2NO4-2. The van der Waals surface area contributed by atoms with Gasteiger partial charge in [-0.15, -0.1) is 0 Å². The third kappa shape index (κ3) is 3.24. The van der Waals surface area contributed by atoms with E-state index in [4.69, 9.17) is 0 Å². The molecule has 104 valence electrons. The Morgan fingerprint density at radius 2 is 1.95 bits per heavy atom. The first kappa shape index (κ1) is 15.0. The first-order valence-corrected chi connectivity index (χ1v) is 5.62. The van der Waals surface area contributed by atoms with E-state index in [1.807, 2.05) is 0 Å². The Balaban J connectivity index is 3.51. The summed E-state index contributed by atoms with van der Waals surface area (Å²) in [5, 5.41) is 21.9. The van der Waals surface area contributed by atoms with Crippen LogP contribution in [0.2, 0.25) is 0 Å². The van der Waals surface area contributed by atoms with Gasteiger partial charge in [0.25, 0.3) is 6.43 Å². The second kappa shape index (κ2) is 6.21. The molecule has 0 radical (unpaired) electrons. The number of pyridine rings is 1. The number of halogens is 2. The van der Waals surface area contributed by atoms with Gasteiger partial charge in [-0.25, -0.2) is 8.78 Å². The zero-order chi connectivity index (χ0) is 14.6. The van der Waals surface area contributed by atoms with E-state index in [0.29, 0.717) is 19.0 Å². The van der Waals surface area contributed by atoms with Crippen LogP contribution < -0.4 is 10.2 Å². The molecule has 5 nitrogen and oxygen atoms in total. The molecule has 0 spiro atoms. The highest BCUT2D eigenvalue weighted by atomic mass is 19.3. The van der Waals surface area contributed by atoms with Crippen LogP contribution in [0.25, 0.3) is 0 Å². The quantitative estimate of drug-likeness (QED) is 0.731. The number of nitrogens with zero attached hydrogens (tertiary/aromatic N) is 1. The van der Waals surface area contributed by atoms with Crippen molar-refractivity contribution in [2.75, 3.05) is 0 Å². The molecule has 19 heavy (non-hydrogen) atoms. The van der Waals surface area contributed by atoms with E-state index in [1.165, 1.54) is 0 Å². The van der Waals surface area contributed by atoms with E-state index in [-0.39, 0.29) is 12.0 Å². The van der Waals surface area contributed by atoms with Crippen molar-refractivity contribution in [3.63, 3.8) is 0 Å². The number of rotatable bonds is 6. The lowest BCUT2D eigenvalue weighted by atomic mass is 9.96. The molecule has 1 heterocycles.